The maximum absolute atomic E-state index is 13.0. The number of amides is 1. The van der Waals surface area contributed by atoms with Gasteiger partial charge in [0.25, 0.3) is 5.91 Å². The van der Waals surface area contributed by atoms with E-state index in [0.717, 1.165) is 24.6 Å². The van der Waals surface area contributed by atoms with E-state index in [2.05, 4.69) is 21.2 Å². The minimum atomic E-state index is -0.308. The molecule has 0 bridgehead atoms. The summed E-state index contributed by atoms with van der Waals surface area (Å²) in [6.07, 6.45) is 3.16. The molecule has 0 radical (unpaired) electrons. The Morgan fingerprint density at radius 1 is 1.53 bits per heavy atom. The second-order valence-corrected chi connectivity index (χ2v) is 5.24. The van der Waals surface area contributed by atoms with Gasteiger partial charge in [0.15, 0.2) is 0 Å². The van der Waals surface area contributed by atoms with Gasteiger partial charge < -0.3 is 5.32 Å². The first-order chi connectivity index (χ1) is 8.06. The lowest BCUT2D eigenvalue weighted by Crippen LogP contribution is -2.55. The molecule has 0 saturated heterocycles. The lowest BCUT2D eigenvalue weighted by Gasteiger charge is -2.41. The van der Waals surface area contributed by atoms with Crippen molar-refractivity contribution in [1.29, 1.82) is 0 Å². The van der Waals surface area contributed by atoms with Crippen LogP contribution in [-0.2, 0) is 0 Å². The van der Waals surface area contributed by atoms with E-state index in [-0.39, 0.29) is 17.3 Å². The maximum Gasteiger partial charge on any atom is 0.252 e. The largest absolute Gasteiger partial charge is 0.346 e. The number of hydrogen-bond acceptors (Lipinski definition) is 1. The number of carbonyl (C=O) groups is 1. The highest BCUT2D eigenvalue weighted by molar-refractivity contribution is 9.09. The van der Waals surface area contributed by atoms with Crippen molar-refractivity contribution in [2.45, 2.75) is 31.7 Å². The molecule has 1 fully saturated rings. The number of rotatable bonds is 3. The van der Waals surface area contributed by atoms with E-state index in [1.165, 1.54) is 12.1 Å². The summed E-state index contributed by atoms with van der Waals surface area (Å²) in [7, 11) is 0. The van der Waals surface area contributed by atoms with Crippen molar-refractivity contribution in [2.24, 2.45) is 0 Å². The minimum Gasteiger partial charge on any atom is -0.346 e. The van der Waals surface area contributed by atoms with Crippen molar-refractivity contribution >= 4 is 21.8 Å². The normalized spacial score (nSPS) is 17.4. The summed E-state index contributed by atoms with van der Waals surface area (Å²) in [5, 5.41) is 3.82. The average molecular weight is 300 g/mol. The van der Waals surface area contributed by atoms with Crippen LogP contribution in [0.25, 0.3) is 0 Å². The molecule has 0 spiro atoms. The molecule has 1 aliphatic rings. The highest BCUT2D eigenvalue weighted by Crippen LogP contribution is 2.33. The van der Waals surface area contributed by atoms with Crippen LogP contribution in [0.4, 0.5) is 4.39 Å². The summed E-state index contributed by atoms with van der Waals surface area (Å²) in [5.41, 5.74) is 1.13. The van der Waals surface area contributed by atoms with Gasteiger partial charge in [0.05, 0.1) is 5.54 Å². The maximum atomic E-state index is 13.0. The topological polar surface area (TPSA) is 29.1 Å². The van der Waals surface area contributed by atoms with E-state index < -0.39 is 0 Å². The van der Waals surface area contributed by atoms with Gasteiger partial charge in [0, 0.05) is 10.9 Å². The first kappa shape index (κ1) is 12.6. The molecule has 1 saturated carbocycles. The molecule has 0 heterocycles. The standard InChI is InChI=1S/C13H15BrFNO/c1-9-7-10(15)3-4-11(9)12(17)16-13(8-14)5-2-6-13/h3-4,7H,2,5-6,8H2,1H3,(H,16,17). The Morgan fingerprint density at radius 3 is 2.71 bits per heavy atom. The van der Waals surface area contributed by atoms with Gasteiger partial charge in [-0.05, 0) is 49.9 Å². The molecule has 0 atom stereocenters. The fourth-order valence-electron chi connectivity index (χ4n) is 2.09. The van der Waals surface area contributed by atoms with Crippen molar-refractivity contribution in [1.82, 2.24) is 5.32 Å². The molecule has 4 heteroatoms. The molecule has 2 rings (SSSR count). The number of halogens is 2. The number of nitrogens with one attached hydrogen (secondary N) is 1. The molecule has 92 valence electrons. The monoisotopic (exact) mass is 299 g/mol. The van der Waals surface area contributed by atoms with Gasteiger partial charge in [0.1, 0.15) is 5.82 Å². The highest BCUT2D eigenvalue weighted by Gasteiger charge is 2.37. The number of aryl methyl sites for hydroxylation is 1. The lowest BCUT2D eigenvalue weighted by atomic mass is 9.78. The summed E-state index contributed by atoms with van der Waals surface area (Å²) in [6.45, 7) is 1.75. The lowest BCUT2D eigenvalue weighted by molar-refractivity contribution is 0.0856. The third-order valence-corrected chi connectivity index (χ3v) is 4.45. The molecule has 1 amide bonds. The molecule has 1 aromatic carbocycles. The van der Waals surface area contributed by atoms with Crippen LogP contribution >= 0.6 is 15.9 Å². The summed E-state index contributed by atoms with van der Waals surface area (Å²) >= 11 is 3.44. The van der Waals surface area contributed by atoms with E-state index in [1.807, 2.05) is 0 Å². The zero-order valence-electron chi connectivity index (χ0n) is 9.72. The van der Waals surface area contributed by atoms with Crippen molar-refractivity contribution in [2.75, 3.05) is 5.33 Å². The molecule has 0 unspecified atom stereocenters. The molecule has 0 aromatic heterocycles. The van der Waals surface area contributed by atoms with Crippen molar-refractivity contribution in [3.63, 3.8) is 0 Å². The van der Waals surface area contributed by atoms with Gasteiger partial charge in [-0.25, -0.2) is 4.39 Å². The Labute approximate surface area is 109 Å². The molecular formula is C13H15BrFNO. The fourth-order valence-corrected chi connectivity index (χ4v) is 2.79. The summed E-state index contributed by atoms with van der Waals surface area (Å²) in [6, 6.07) is 4.25. The van der Waals surface area contributed by atoms with Gasteiger partial charge in [-0.2, -0.15) is 0 Å². The number of benzene rings is 1. The van der Waals surface area contributed by atoms with Crippen LogP contribution in [0.15, 0.2) is 18.2 Å². The Bertz CT molecular complexity index is 438. The first-order valence-electron chi connectivity index (χ1n) is 5.71. The van der Waals surface area contributed by atoms with Crippen LogP contribution in [0.3, 0.4) is 0 Å². The first-order valence-corrected chi connectivity index (χ1v) is 6.83. The Morgan fingerprint density at radius 2 is 2.24 bits per heavy atom. The predicted octanol–water partition coefficient (Wildman–Crippen LogP) is 3.18. The van der Waals surface area contributed by atoms with E-state index >= 15 is 0 Å². The van der Waals surface area contributed by atoms with Gasteiger partial charge >= 0.3 is 0 Å². The second-order valence-electron chi connectivity index (χ2n) is 4.68. The van der Waals surface area contributed by atoms with Gasteiger partial charge in [-0.1, -0.05) is 15.9 Å². The Balaban J connectivity index is 2.14. The Kier molecular flexibility index (Phi) is 3.52. The van der Waals surface area contributed by atoms with Gasteiger partial charge in [0.2, 0.25) is 0 Å². The van der Waals surface area contributed by atoms with Crippen LogP contribution < -0.4 is 5.32 Å². The van der Waals surface area contributed by atoms with Crippen molar-refractivity contribution in [3.8, 4) is 0 Å². The molecular weight excluding hydrogens is 285 g/mol. The number of alkyl halides is 1. The van der Waals surface area contributed by atoms with E-state index in [4.69, 9.17) is 0 Å². The summed E-state index contributed by atoms with van der Waals surface area (Å²) in [4.78, 5) is 12.1. The van der Waals surface area contributed by atoms with Crippen LogP contribution in [0, 0.1) is 12.7 Å². The van der Waals surface area contributed by atoms with E-state index in [0.29, 0.717) is 11.1 Å². The molecule has 17 heavy (non-hydrogen) atoms. The molecule has 1 N–H and O–H groups in total. The Hall–Kier alpha value is -0.900. The SMILES string of the molecule is Cc1cc(F)ccc1C(=O)NC1(CBr)CCC1. The van der Waals surface area contributed by atoms with Crippen molar-refractivity contribution in [3.05, 3.63) is 35.1 Å². The van der Waals surface area contributed by atoms with Crippen LogP contribution in [0.2, 0.25) is 0 Å². The van der Waals surface area contributed by atoms with Crippen LogP contribution in [0.5, 0.6) is 0 Å². The fraction of sp³-hybridized carbons (Fsp3) is 0.462. The third-order valence-electron chi connectivity index (χ3n) is 3.38. The second kappa shape index (κ2) is 4.77. The summed E-state index contributed by atoms with van der Waals surface area (Å²) in [5.74, 6) is -0.417. The number of hydrogen-bond donors (Lipinski definition) is 1. The van der Waals surface area contributed by atoms with Gasteiger partial charge in [-0.15, -0.1) is 0 Å². The number of carbonyl (C=O) groups excluding carboxylic acids is 1. The predicted molar refractivity (Wildman–Crippen MR) is 69.0 cm³/mol. The smallest absolute Gasteiger partial charge is 0.252 e. The quantitative estimate of drug-likeness (QED) is 0.854. The summed E-state index contributed by atoms with van der Waals surface area (Å²) < 4.78 is 13.0. The molecule has 2 nitrogen and oxygen atoms in total. The highest BCUT2D eigenvalue weighted by atomic mass is 79.9. The zero-order chi connectivity index (χ0) is 12.5. The average Bonchev–Trinajstić information content (AvgIpc) is 2.23. The molecule has 0 aliphatic heterocycles. The van der Waals surface area contributed by atoms with Crippen LogP contribution in [-0.4, -0.2) is 16.8 Å². The van der Waals surface area contributed by atoms with E-state index in [1.54, 1.807) is 13.0 Å². The molecule has 1 aliphatic carbocycles. The van der Waals surface area contributed by atoms with Crippen LogP contribution in [0.1, 0.15) is 35.2 Å². The van der Waals surface area contributed by atoms with Crippen molar-refractivity contribution < 1.29 is 9.18 Å². The zero-order valence-corrected chi connectivity index (χ0v) is 11.3. The molecule has 1 aromatic rings. The minimum absolute atomic E-state index is 0.0993. The van der Waals surface area contributed by atoms with E-state index in [9.17, 15) is 9.18 Å². The van der Waals surface area contributed by atoms with Gasteiger partial charge in [-0.3, -0.25) is 4.79 Å². The third kappa shape index (κ3) is 2.51.